The average Bonchev–Trinajstić information content (AvgIpc) is 3.26. The first kappa shape index (κ1) is 31.4. The van der Waals surface area contributed by atoms with E-state index < -0.39 is 19.1 Å². The molecular weight excluding hydrogens is 608 g/mol. The van der Waals surface area contributed by atoms with E-state index in [0.717, 1.165) is 40.0 Å². The Balaban J connectivity index is 1.38. The zero-order valence-electron chi connectivity index (χ0n) is 24.0. The van der Waals surface area contributed by atoms with Crippen LogP contribution in [0.1, 0.15) is 30.0 Å². The van der Waals surface area contributed by atoms with Crippen molar-refractivity contribution < 1.29 is 32.4 Å². The number of thioether (sulfide) groups is 1. The average molecular weight is 640 g/mol. The molecule has 2 aliphatic rings. The van der Waals surface area contributed by atoms with E-state index in [1.54, 1.807) is 31.0 Å². The van der Waals surface area contributed by atoms with Gasteiger partial charge in [0, 0.05) is 35.0 Å². The van der Waals surface area contributed by atoms with Crippen LogP contribution in [0.5, 0.6) is 11.5 Å². The van der Waals surface area contributed by atoms with Crippen LogP contribution in [-0.4, -0.2) is 56.8 Å². The van der Waals surface area contributed by atoms with Gasteiger partial charge in [0.15, 0.2) is 11.6 Å². The Labute approximate surface area is 260 Å². The van der Waals surface area contributed by atoms with E-state index in [0.29, 0.717) is 35.7 Å². The van der Waals surface area contributed by atoms with Gasteiger partial charge >= 0.3 is 5.97 Å². The first-order valence-electron chi connectivity index (χ1n) is 13.6. The number of hydrogen-bond acceptors (Lipinski definition) is 9. The number of hydrogen-bond donors (Lipinski definition) is 0. The van der Waals surface area contributed by atoms with Crippen LogP contribution in [0.25, 0.3) is 17.2 Å². The third-order valence-corrected chi connectivity index (χ3v) is 12.0. The molecule has 1 aliphatic carbocycles. The fourth-order valence-corrected chi connectivity index (χ4v) is 8.84. The summed E-state index contributed by atoms with van der Waals surface area (Å²) in [6.07, 6.45) is 3.94. The Morgan fingerprint density at radius 2 is 1.79 bits per heavy atom. The summed E-state index contributed by atoms with van der Waals surface area (Å²) in [6.45, 7) is 5.14. The predicted octanol–water partition coefficient (Wildman–Crippen LogP) is 6.97. The van der Waals surface area contributed by atoms with E-state index in [9.17, 15) is 14.0 Å². The summed E-state index contributed by atoms with van der Waals surface area (Å²) in [4.78, 5) is 25.3. The van der Waals surface area contributed by atoms with Gasteiger partial charge in [-0.3, -0.25) is 14.3 Å². The van der Waals surface area contributed by atoms with Gasteiger partial charge < -0.3 is 18.4 Å². The van der Waals surface area contributed by atoms with Crippen LogP contribution in [0.3, 0.4) is 0 Å². The molecule has 3 aromatic rings. The molecule has 1 heterocycles. The Morgan fingerprint density at radius 3 is 2.44 bits per heavy atom. The second kappa shape index (κ2) is 14.7. The molecule has 3 aromatic carbocycles. The van der Waals surface area contributed by atoms with Crippen molar-refractivity contribution in [3.8, 4) is 11.5 Å². The first-order valence-corrected chi connectivity index (χ1v) is 17.4. The molecule has 7 nitrogen and oxygen atoms in total. The van der Waals surface area contributed by atoms with Crippen molar-refractivity contribution in [3.05, 3.63) is 88.7 Å². The molecule has 1 saturated heterocycles. The van der Waals surface area contributed by atoms with E-state index in [1.165, 1.54) is 23.8 Å². The Hall–Kier alpha value is -2.98. The second-order valence-electron chi connectivity index (χ2n) is 9.70. The number of fused-ring (bicyclic) bond motifs is 1. The summed E-state index contributed by atoms with van der Waals surface area (Å²) in [7, 11) is 0.899. The van der Waals surface area contributed by atoms with Crippen molar-refractivity contribution in [1.82, 2.24) is 4.67 Å². The minimum atomic E-state index is -0.766. The molecule has 1 fully saturated rings. The Bertz CT molecular complexity index is 1540. The third kappa shape index (κ3) is 7.40. The van der Waals surface area contributed by atoms with Crippen LogP contribution < -0.4 is 14.8 Å². The lowest BCUT2D eigenvalue weighted by Crippen LogP contribution is -2.34. The van der Waals surface area contributed by atoms with E-state index in [2.05, 4.69) is 4.67 Å². The SMILES string of the molecule is COSP(c1ccc(OC(=O)CC2=C(C)/C(=C/c3ccc(SC)cc3)c3cc(OC=O)c(F)cc32)cc1)N1CCOCC1. The lowest BCUT2D eigenvalue weighted by Gasteiger charge is -2.32. The second-order valence-corrected chi connectivity index (χ2v) is 14.2. The number of nitrogens with zero attached hydrogens (tertiary/aromatic N) is 1. The first-order chi connectivity index (χ1) is 20.9. The lowest BCUT2D eigenvalue weighted by molar-refractivity contribution is -0.133. The van der Waals surface area contributed by atoms with Crippen LogP contribution in [0.15, 0.2) is 71.1 Å². The summed E-state index contributed by atoms with van der Waals surface area (Å²) in [5, 5.41) is 1.09. The van der Waals surface area contributed by atoms with Gasteiger partial charge in [-0.25, -0.2) is 4.39 Å². The number of rotatable bonds is 11. The van der Waals surface area contributed by atoms with Crippen LogP contribution in [0, 0.1) is 5.82 Å². The summed E-state index contributed by atoms with van der Waals surface area (Å²) >= 11 is 3.09. The minimum absolute atomic E-state index is 0.0589. The van der Waals surface area contributed by atoms with Gasteiger partial charge in [0.1, 0.15) is 5.75 Å². The molecule has 43 heavy (non-hydrogen) atoms. The fraction of sp³-hybridized carbons (Fsp3) is 0.250. The Kier molecular flexibility index (Phi) is 10.7. The van der Waals surface area contributed by atoms with E-state index >= 15 is 0 Å². The predicted molar refractivity (Wildman–Crippen MR) is 172 cm³/mol. The van der Waals surface area contributed by atoms with Crippen LogP contribution in [0.2, 0.25) is 0 Å². The van der Waals surface area contributed by atoms with Crippen LogP contribution in [-0.2, 0) is 18.5 Å². The number of benzene rings is 3. The smallest absolute Gasteiger partial charge is 0.315 e. The van der Waals surface area contributed by atoms with Crippen LogP contribution >= 0.6 is 30.7 Å². The Morgan fingerprint density at radius 1 is 1.07 bits per heavy atom. The monoisotopic (exact) mass is 639 g/mol. The van der Waals surface area contributed by atoms with Gasteiger partial charge in [-0.2, -0.15) is 0 Å². The van der Waals surface area contributed by atoms with Crippen molar-refractivity contribution in [2.45, 2.75) is 18.2 Å². The van der Waals surface area contributed by atoms with E-state index in [4.69, 9.17) is 18.4 Å². The number of carbonyl (C=O) groups is 2. The molecule has 0 bridgehead atoms. The van der Waals surface area contributed by atoms with E-state index in [-0.39, 0.29) is 18.6 Å². The molecule has 224 valence electrons. The molecule has 0 aromatic heterocycles. The lowest BCUT2D eigenvalue weighted by atomic mass is 10.00. The number of allylic oxidation sites excluding steroid dienone is 2. The van der Waals surface area contributed by atoms with Crippen molar-refractivity contribution in [1.29, 1.82) is 0 Å². The van der Waals surface area contributed by atoms with Crippen molar-refractivity contribution >= 4 is 65.7 Å². The molecule has 11 heteroatoms. The number of morpholine rings is 1. The standard InChI is InChI=1S/C32H31FNO6PS2/c1-21-26(16-22-4-10-25(42-3)11-5-22)29-18-31(39-20-35)30(33)17-28(29)27(21)19-32(36)40-23-6-8-24(9-7-23)41(43-37-2)34-12-14-38-15-13-34/h4-11,16-18,20H,12-15,19H2,1-3H3/b26-16-. The van der Waals surface area contributed by atoms with Crippen molar-refractivity contribution in [3.63, 3.8) is 0 Å². The van der Waals surface area contributed by atoms with Crippen molar-refractivity contribution in [2.75, 3.05) is 39.7 Å². The molecular formula is C32H31FNO6PS2. The number of esters is 1. The molecule has 0 spiro atoms. The van der Waals surface area contributed by atoms with Gasteiger partial charge in [-0.05, 0) is 101 Å². The summed E-state index contributed by atoms with van der Waals surface area (Å²) in [5.41, 5.74) is 4.51. The summed E-state index contributed by atoms with van der Waals surface area (Å²) in [6, 6.07) is 18.4. The normalized spacial score (nSPS) is 16.7. The molecule has 0 radical (unpaired) electrons. The number of ether oxygens (including phenoxy) is 3. The van der Waals surface area contributed by atoms with Gasteiger partial charge in [-0.1, -0.05) is 12.1 Å². The minimum Gasteiger partial charge on any atom is -0.426 e. The van der Waals surface area contributed by atoms with Crippen LogP contribution in [0.4, 0.5) is 4.39 Å². The molecule has 5 rings (SSSR count). The maximum atomic E-state index is 14.9. The van der Waals surface area contributed by atoms with Crippen molar-refractivity contribution in [2.24, 2.45) is 0 Å². The number of carbonyl (C=O) groups excluding carboxylic acids is 2. The zero-order valence-corrected chi connectivity index (χ0v) is 26.5. The molecule has 1 atom stereocenters. The molecule has 0 saturated carbocycles. The maximum absolute atomic E-state index is 14.9. The molecule has 1 unspecified atom stereocenters. The van der Waals surface area contributed by atoms with Gasteiger partial charge in [0.25, 0.3) is 6.47 Å². The van der Waals surface area contributed by atoms with Gasteiger partial charge in [-0.15, -0.1) is 11.8 Å². The highest BCUT2D eigenvalue weighted by molar-refractivity contribution is 8.54. The maximum Gasteiger partial charge on any atom is 0.315 e. The van der Waals surface area contributed by atoms with E-state index in [1.807, 2.05) is 55.7 Å². The summed E-state index contributed by atoms with van der Waals surface area (Å²) < 4.78 is 38.8. The third-order valence-electron chi connectivity index (χ3n) is 7.15. The highest BCUT2D eigenvalue weighted by Crippen LogP contribution is 2.52. The zero-order chi connectivity index (χ0) is 30.3. The van der Waals surface area contributed by atoms with Gasteiger partial charge in [0.2, 0.25) is 0 Å². The molecule has 1 aliphatic heterocycles. The summed E-state index contributed by atoms with van der Waals surface area (Å²) in [5.74, 6) is -0.891. The quantitative estimate of drug-likeness (QED) is 0.0552. The number of halogens is 1. The highest BCUT2D eigenvalue weighted by Gasteiger charge is 2.29. The fourth-order valence-electron chi connectivity index (χ4n) is 5.03. The molecule has 0 N–H and O–H groups in total. The molecule has 0 amide bonds. The topological polar surface area (TPSA) is 74.3 Å². The van der Waals surface area contributed by atoms with Gasteiger partial charge in [0.05, 0.1) is 34.0 Å². The highest BCUT2D eigenvalue weighted by atomic mass is 32.7. The largest absolute Gasteiger partial charge is 0.426 e.